The van der Waals surface area contributed by atoms with Gasteiger partial charge in [-0.2, -0.15) is 0 Å². The summed E-state index contributed by atoms with van der Waals surface area (Å²) in [7, 11) is 1.96. The Kier molecular flexibility index (Phi) is 5.29. The first-order chi connectivity index (χ1) is 7.55. The summed E-state index contributed by atoms with van der Waals surface area (Å²) in [6.07, 6.45) is 3.60. The fourth-order valence-corrected chi connectivity index (χ4v) is 3.22. The first-order valence-electron chi connectivity index (χ1n) is 5.54. The minimum atomic E-state index is -3.53. The maximum absolute atomic E-state index is 11.5. The van der Waals surface area contributed by atoms with Crippen LogP contribution in [-0.2, 0) is 9.05 Å². The minimum Gasteiger partial charge on any atom is -0.212 e. The van der Waals surface area contributed by atoms with Crippen LogP contribution in [-0.4, -0.2) is 8.42 Å². The van der Waals surface area contributed by atoms with Gasteiger partial charge in [-0.25, -0.2) is 8.42 Å². The van der Waals surface area contributed by atoms with Gasteiger partial charge in [-0.1, -0.05) is 56.5 Å². The highest BCUT2D eigenvalue weighted by Gasteiger charge is 2.24. The summed E-state index contributed by atoms with van der Waals surface area (Å²) in [6.45, 7) is 2.09. The Morgan fingerprint density at radius 1 is 1.19 bits per heavy atom. The van der Waals surface area contributed by atoms with Crippen LogP contribution >= 0.6 is 10.7 Å². The van der Waals surface area contributed by atoms with E-state index in [0.29, 0.717) is 6.42 Å². The van der Waals surface area contributed by atoms with Crippen LogP contribution in [0.1, 0.15) is 43.4 Å². The molecule has 0 heterocycles. The molecule has 90 valence electrons. The van der Waals surface area contributed by atoms with Crippen molar-refractivity contribution in [3.63, 3.8) is 0 Å². The van der Waals surface area contributed by atoms with Gasteiger partial charge in [0.2, 0.25) is 9.05 Å². The summed E-state index contributed by atoms with van der Waals surface area (Å²) in [4.78, 5) is 0. The van der Waals surface area contributed by atoms with E-state index in [1.165, 1.54) is 0 Å². The molecule has 0 fully saturated rings. The maximum Gasteiger partial charge on any atom is 0.239 e. The normalized spacial score (nSPS) is 13.6. The Balaban J connectivity index is 2.81. The number of halogens is 1. The third-order valence-corrected chi connectivity index (χ3v) is 4.41. The lowest BCUT2D eigenvalue weighted by Gasteiger charge is -2.13. The third kappa shape index (κ3) is 4.14. The van der Waals surface area contributed by atoms with Crippen molar-refractivity contribution in [2.24, 2.45) is 0 Å². The van der Waals surface area contributed by atoms with Gasteiger partial charge in [-0.05, 0) is 12.0 Å². The third-order valence-electron chi connectivity index (χ3n) is 2.58. The van der Waals surface area contributed by atoms with Crippen LogP contribution in [0, 0.1) is 0 Å². The molecule has 1 aromatic carbocycles. The number of unbranched alkanes of at least 4 members (excludes halogenated alkanes) is 2. The molecule has 0 aliphatic carbocycles. The molecule has 0 aromatic heterocycles. The zero-order chi connectivity index (χ0) is 12.0. The summed E-state index contributed by atoms with van der Waals surface area (Å²) in [5, 5.41) is -0.568. The highest BCUT2D eigenvalue weighted by atomic mass is 35.7. The van der Waals surface area contributed by atoms with E-state index in [9.17, 15) is 8.42 Å². The number of rotatable bonds is 6. The second kappa shape index (κ2) is 6.26. The van der Waals surface area contributed by atoms with E-state index in [-0.39, 0.29) is 0 Å². The van der Waals surface area contributed by atoms with Crippen molar-refractivity contribution in [2.75, 3.05) is 0 Å². The van der Waals surface area contributed by atoms with Crippen LogP contribution in [0.2, 0.25) is 0 Å². The van der Waals surface area contributed by atoms with E-state index in [0.717, 1.165) is 24.8 Å². The molecule has 0 bridgehead atoms. The average Bonchev–Trinajstić information content (AvgIpc) is 2.24. The first kappa shape index (κ1) is 13.5. The van der Waals surface area contributed by atoms with Gasteiger partial charge in [0.05, 0.1) is 0 Å². The molecule has 16 heavy (non-hydrogen) atoms. The Morgan fingerprint density at radius 2 is 1.81 bits per heavy atom. The molecule has 0 aliphatic rings. The Bertz CT molecular complexity index is 400. The van der Waals surface area contributed by atoms with Crippen LogP contribution < -0.4 is 0 Å². The molecule has 0 saturated carbocycles. The topological polar surface area (TPSA) is 34.1 Å². The van der Waals surface area contributed by atoms with Gasteiger partial charge in [-0.15, -0.1) is 0 Å². The largest absolute Gasteiger partial charge is 0.239 e. The zero-order valence-electron chi connectivity index (χ0n) is 9.40. The molecule has 0 N–H and O–H groups in total. The highest BCUT2D eigenvalue weighted by Crippen LogP contribution is 2.30. The minimum absolute atomic E-state index is 0.568. The van der Waals surface area contributed by atoms with Crippen molar-refractivity contribution in [3.05, 3.63) is 35.9 Å². The molecule has 1 unspecified atom stereocenters. The fraction of sp³-hybridized carbons (Fsp3) is 0.500. The molecular formula is C12H17ClO2S. The SMILES string of the molecule is CCCCCC(c1ccccc1)S(=O)(=O)Cl. The molecule has 1 aromatic rings. The monoisotopic (exact) mass is 260 g/mol. The summed E-state index contributed by atoms with van der Waals surface area (Å²) < 4.78 is 23.0. The molecule has 4 heteroatoms. The molecule has 2 nitrogen and oxygen atoms in total. The lowest BCUT2D eigenvalue weighted by atomic mass is 10.1. The quantitative estimate of drug-likeness (QED) is 0.575. The zero-order valence-corrected chi connectivity index (χ0v) is 11.0. The van der Waals surface area contributed by atoms with Crippen molar-refractivity contribution in [2.45, 2.75) is 37.9 Å². The molecule has 0 aliphatic heterocycles. The smallest absolute Gasteiger partial charge is 0.212 e. The van der Waals surface area contributed by atoms with Crippen molar-refractivity contribution < 1.29 is 8.42 Å². The molecule has 1 rings (SSSR count). The second-order valence-electron chi connectivity index (χ2n) is 3.87. The van der Waals surface area contributed by atoms with Gasteiger partial charge in [0.1, 0.15) is 5.25 Å². The maximum atomic E-state index is 11.5. The number of hydrogen-bond acceptors (Lipinski definition) is 2. The van der Waals surface area contributed by atoms with Crippen LogP contribution in [0.5, 0.6) is 0 Å². The fourth-order valence-electron chi connectivity index (χ4n) is 1.72. The van der Waals surface area contributed by atoms with Crippen LogP contribution in [0.3, 0.4) is 0 Å². The number of benzene rings is 1. The van der Waals surface area contributed by atoms with Gasteiger partial charge in [0.15, 0.2) is 0 Å². The van der Waals surface area contributed by atoms with Gasteiger partial charge in [0, 0.05) is 10.7 Å². The van der Waals surface area contributed by atoms with Gasteiger partial charge >= 0.3 is 0 Å². The van der Waals surface area contributed by atoms with Crippen LogP contribution in [0.15, 0.2) is 30.3 Å². The highest BCUT2D eigenvalue weighted by molar-refractivity contribution is 8.13. The lowest BCUT2D eigenvalue weighted by molar-refractivity contribution is 0.577. The second-order valence-corrected chi connectivity index (χ2v) is 6.68. The van der Waals surface area contributed by atoms with E-state index in [4.69, 9.17) is 10.7 Å². The van der Waals surface area contributed by atoms with Gasteiger partial charge in [-0.3, -0.25) is 0 Å². The summed E-state index contributed by atoms with van der Waals surface area (Å²) in [5.74, 6) is 0. The van der Waals surface area contributed by atoms with Crippen molar-refractivity contribution in [3.8, 4) is 0 Å². The van der Waals surface area contributed by atoms with Crippen LogP contribution in [0.4, 0.5) is 0 Å². The van der Waals surface area contributed by atoms with Crippen molar-refractivity contribution in [1.29, 1.82) is 0 Å². The van der Waals surface area contributed by atoms with E-state index < -0.39 is 14.3 Å². The summed E-state index contributed by atoms with van der Waals surface area (Å²) >= 11 is 0. The number of hydrogen-bond donors (Lipinski definition) is 0. The molecule has 1 atom stereocenters. The van der Waals surface area contributed by atoms with Crippen molar-refractivity contribution in [1.82, 2.24) is 0 Å². The Hall–Kier alpha value is -0.540. The Morgan fingerprint density at radius 3 is 2.31 bits per heavy atom. The summed E-state index contributed by atoms with van der Waals surface area (Å²) in [6, 6.07) is 9.18. The predicted molar refractivity (Wildman–Crippen MR) is 68.1 cm³/mol. The standard InChI is InChI=1S/C12H17ClO2S/c1-2-3-5-10-12(16(13,14)15)11-8-6-4-7-9-11/h4,6-9,12H,2-3,5,10H2,1H3. The molecule has 0 amide bonds. The van der Waals surface area contributed by atoms with E-state index >= 15 is 0 Å². The average molecular weight is 261 g/mol. The van der Waals surface area contributed by atoms with E-state index in [1.807, 2.05) is 30.3 Å². The van der Waals surface area contributed by atoms with Crippen molar-refractivity contribution >= 4 is 19.7 Å². The van der Waals surface area contributed by atoms with Crippen LogP contribution in [0.25, 0.3) is 0 Å². The Labute approximate surface area is 102 Å². The van der Waals surface area contributed by atoms with E-state index in [1.54, 1.807) is 0 Å². The van der Waals surface area contributed by atoms with E-state index in [2.05, 4.69) is 6.92 Å². The molecule has 0 radical (unpaired) electrons. The summed E-state index contributed by atoms with van der Waals surface area (Å²) in [5.41, 5.74) is 0.786. The first-order valence-corrected chi connectivity index (χ1v) is 7.91. The van der Waals surface area contributed by atoms with Gasteiger partial charge in [0.25, 0.3) is 0 Å². The molecular weight excluding hydrogens is 244 g/mol. The lowest BCUT2D eigenvalue weighted by Crippen LogP contribution is -2.07. The molecule has 0 saturated heterocycles. The predicted octanol–water partition coefficient (Wildman–Crippen LogP) is 3.88. The molecule has 0 spiro atoms. The van der Waals surface area contributed by atoms with Gasteiger partial charge < -0.3 is 0 Å².